The van der Waals surface area contributed by atoms with Gasteiger partial charge in [0.25, 0.3) is 5.91 Å². The van der Waals surface area contributed by atoms with Gasteiger partial charge in [0.1, 0.15) is 11.6 Å². The van der Waals surface area contributed by atoms with Gasteiger partial charge < -0.3 is 10.6 Å². The van der Waals surface area contributed by atoms with Crippen LogP contribution in [0.25, 0.3) is 0 Å². The van der Waals surface area contributed by atoms with Crippen molar-refractivity contribution in [1.29, 1.82) is 0 Å². The van der Waals surface area contributed by atoms with Crippen LogP contribution in [0.4, 0.5) is 14.5 Å². The first-order chi connectivity index (χ1) is 9.63. The maximum atomic E-state index is 13.5. The van der Waals surface area contributed by atoms with Crippen LogP contribution in [0.2, 0.25) is 0 Å². The third-order valence-corrected chi connectivity index (χ3v) is 2.91. The molecule has 0 radical (unpaired) electrons. The molecule has 20 heavy (non-hydrogen) atoms. The molecule has 0 bridgehead atoms. The molecule has 0 fully saturated rings. The third kappa shape index (κ3) is 2.93. The fourth-order valence-electron chi connectivity index (χ4n) is 1.88. The van der Waals surface area contributed by atoms with Crippen LogP contribution in [0.3, 0.4) is 0 Å². The molecule has 0 atom stereocenters. The van der Waals surface area contributed by atoms with Gasteiger partial charge in [-0.05, 0) is 18.2 Å². The van der Waals surface area contributed by atoms with E-state index in [1.165, 1.54) is 31.3 Å². The van der Waals surface area contributed by atoms with Crippen molar-refractivity contribution in [3.63, 3.8) is 0 Å². The molecule has 5 heteroatoms. The van der Waals surface area contributed by atoms with Crippen molar-refractivity contribution in [2.45, 2.75) is 6.54 Å². The summed E-state index contributed by atoms with van der Waals surface area (Å²) in [4.78, 5) is 12.0. The summed E-state index contributed by atoms with van der Waals surface area (Å²) in [5, 5.41) is 5.22. The van der Waals surface area contributed by atoms with Crippen LogP contribution in [-0.4, -0.2) is 13.0 Å². The molecule has 0 saturated carbocycles. The zero-order chi connectivity index (χ0) is 14.5. The minimum atomic E-state index is -0.508. The first-order valence-electron chi connectivity index (χ1n) is 6.11. The summed E-state index contributed by atoms with van der Waals surface area (Å²) in [5.41, 5.74) is 0.686. The van der Waals surface area contributed by atoms with E-state index in [1.807, 2.05) is 0 Å². The fourth-order valence-corrected chi connectivity index (χ4v) is 1.88. The molecule has 0 unspecified atom stereocenters. The largest absolute Gasteiger partial charge is 0.385 e. The zero-order valence-electron chi connectivity index (χ0n) is 10.9. The predicted molar refractivity (Wildman–Crippen MR) is 73.5 cm³/mol. The van der Waals surface area contributed by atoms with Crippen molar-refractivity contribution in [1.82, 2.24) is 5.32 Å². The highest BCUT2D eigenvalue weighted by Crippen LogP contribution is 2.19. The number of amides is 1. The lowest BCUT2D eigenvalue weighted by Crippen LogP contribution is -2.24. The lowest BCUT2D eigenvalue weighted by atomic mass is 10.1. The van der Waals surface area contributed by atoms with Crippen LogP contribution in [0.15, 0.2) is 42.5 Å². The zero-order valence-corrected chi connectivity index (χ0v) is 10.9. The van der Waals surface area contributed by atoms with E-state index in [1.54, 1.807) is 18.2 Å². The minimum absolute atomic E-state index is 0.0468. The maximum Gasteiger partial charge on any atom is 0.253 e. The van der Waals surface area contributed by atoms with Gasteiger partial charge in [0, 0.05) is 19.2 Å². The number of benzene rings is 2. The second kappa shape index (κ2) is 6.14. The molecule has 0 spiro atoms. The summed E-state index contributed by atoms with van der Waals surface area (Å²) < 4.78 is 27.0. The number of halogens is 2. The van der Waals surface area contributed by atoms with Gasteiger partial charge in [-0.3, -0.25) is 4.79 Å². The summed E-state index contributed by atoms with van der Waals surface area (Å²) in [6, 6.07) is 10.4. The van der Waals surface area contributed by atoms with Crippen LogP contribution in [0, 0.1) is 11.6 Å². The Morgan fingerprint density at radius 3 is 2.45 bits per heavy atom. The number of hydrogen-bond donors (Lipinski definition) is 2. The van der Waals surface area contributed by atoms with Gasteiger partial charge in [0.15, 0.2) is 0 Å². The third-order valence-electron chi connectivity index (χ3n) is 2.91. The van der Waals surface area contributed by atoms with Crippen molar-refractivity contribution in [2.24, 2.45) is 0 Å². The summed E-state index contributed by atoms with van der Waals surface area (Å²) in [6.07, 6.45) is 0. The number of hydrogen-bond acceptors (Lipinski definition) is 2. The van der Waals surface area contributed by atoms with Crippen LogP contribution < -0.4 is 10.6 Å². The van der Waals surface area contributed by atoms with Gasteiger partial charge in [0.05, 0.1) is 11.3 Å². The summed E-state index contributed by atoms with van der Waals surface area (Å²) in [6.45, 7) is 0.0468. The van der Waals surface area contributed by atoms with Crippen LogP contribution in [0.1, 0.15) is 15.9 Å². The summed E-state index contributed by atoms with van der Waals surface area (Å²) >= 11 is 0. The lowest BCUT2D eigenvalue weighted by Gasteiger charge is -2.11. The molecule has 0 aliphatic carbocycles. The topological polar surface area (TPSA) is 41.1 Å². The van der Waals surface area contributed by atoms with Crippen LogP contribution in [-0.2, 0) is 6.54 Å². The molecule has 0 aliphatic rings. The Kier molecular flexibility index (Phi) is 4.30. The number of nitrogens with one attached hydrogen (secondary N) is 2. The summed E-state index contributed by atoms with van der Waals surface area (Å²) in [5.74, 6) is -1.36. The van der Waals surface area contributed by atoms with Crippen molar-refractivity contribution in [3.05, 3.63) is 65.2 Å². The van der Waals surface area contributed by atoms with Gasteiger partial charge in [-0.15, -0.1) is 0 Å². The Morgan fingerprint density at radius 2 is 1.75 bits per heavy atom. The van der Waals surface area contributed by atoms with Crippen molar-refractivity contribution >= 4 is 11.6 Å². The molecular formula is C15H14F2N2O. The molecule has 0 aliphatic heterocycles. The second-order valence-corrected chi connectivity index (χ2v) is 4.19. The Hall–Kier alpha value is -2.43. The number of para-hydroxylation sites is 1. The Morgan fingerprint density at radius 1 is 1.05 bits per heavy atom. The molecule has 2 aromatic carbocycles. The monoisotopic (exact) mass is 276 g/mol. The van der Waals surface area contributed by atoms with E-state index in [0.717, 1.165) is 0 Å². The molecule has 2 N–H and O–H groups in total. The highest BCUT2D eigenvalue weighted by atomic mass is 19.1. The molecule has 1 amide bonds. The van der Waals surface area contributed by atoms with Gasteiger partial charge in [-0.2, -0.15) is 0 Å². The Balaban J connectivity index is 2.14. The quantitative estimate of drug-likeness (QED) is 0.901. The first kappa shape index (κ1) is 14.0. The van der Waals surface area contributed by atoms with Crippen molar-refractivity contribution in [2.75, 3.05) is 12.4 Å². The predicted octanol–water partition coefficient (Wildman–Crippen LogP) is 2.94. The number of anilines is 1. The first-order valence-corrected chi connectivity index (χ1v) is 6.11. The highest BCUT2D eigenvalue weighted by Gasteiger charge is 2.14. The number of rotatable bonds is 4. The molecule has 3 nitrogen and oxygen atoms in total. The minimum Gasteiger partial charge on any atom is -0.385 e. The smallest absolute Gasteiger partial charge is 0.253 e. The van der Waals surface area contributed by atoms with E-state index in [9.17, 15) is 13.6 Å². The average Bonchev–Trinajstić information content (AvgIpc) is 2.46. The SMILES string of the molecule is CNc1c(F)cccc1C(=O)NCc1ccccc1F. The van der Waals surface area contributed by atoms with Crippen molar-refractivity contribution < 1.29 is 13.6 Å². The van der Waals surface area contributed by atoms with Crippen LogP contribution >= 0.6 is 0 Å². The standard InChI is InChI=1S/C15H14F2N2O/c1-18-14-11(6-4-8-13(14)17)15(20)19-9-10-5-2-3-7-12(10)16/h2-8,18H,9H2,1H3,(H,19,20). The normalized spacial score (nSPS) is 10.2. The van der Waals surface area contributed by atoms with Gasteiger partial charge >= 0.3 is 0 Å². The van der Waals surface area contributed by atoms with E-state index in [4.69, 9.17) is 0 Å². The van der Waals surface area contributed by atoms with E-state index >= 15 is 0 Å². The lowest BCUT2D eigenvalue weighted by molar-refractivity contribution is 0.0951. The van der Waals surface area contributed by atoms with Gasteiger partial charge in [-0.25, -0.2) is 8.78 Å². The Labute approximate surface area is 115 Å². The molecule has 2 aromatic rings. The van der Waals surface area contributed by atoms with E-state index in [-0.39, 0.29) is 23.6 Å². The van der Waals surface area contributed by atoms with Gasteiger partial charge in [-0.1, -0.05) is 24.3 Å². The molecule has 104 valence electrons. The molecule has 2 rings (SSSR count). The molecular weight excluding hydrogens is 262 g/mol. The van der Waals surface area contributed by atoms with Crippen LogP contribution in [0.5, 0.6) is 0 Å². The fraction of sp³-hybridized carbons (Fsp3) is 0.133. The summed E-state index contributed by atoms with van der Waals surface area (Å²) in [7, 11) is 1.53. The average molecular weight is 276 g/mol. The highest BCUT2D eigenvalue weighted by molar-refractivity contribution is 5.99. The van der Waals surface area contributed by atoms with E-state index in [2.05, 4.69) is 10.6 Å². The number of carbonyl (C=O) groups excluding carboxylic acids is 1. The maximum absolute atomic E-state index is 13.5. The number of carbonyl (C=O) groups is 1. The second-order valence-electron chi connectivity index (χ2n) is 4.19. The Bertz CT molecular complexity index is 629. The van der Waals surface area contributed by atoms with E-state index < -0.39 is 11.7 Å². The van der Waals surface area contributed by atoms with Crippen molar-refractivity contribution in [3.8, 4) is 0 Å². The van der Waals surface area contributed by atoms with E-state index in [0.29, 0.717) is 5.56 Å². The molecule has 0 saturated heterocycles. The molecule has 0 heterocycles. The van der Waals surface area contributed by atoms with Gasteiger partial charge in [0.2, 0.25) is 0 Å². The molecule has 0 aromatic heterocycles.